The molecule has 0 aromatic rings. The smallest absolute Gasteiger partial charge is 0.435 e. The molecular weight excluding hydrogens is 246 g/mol. The van der Waals surface area contributed by atoms with Gasteiger partial charge in [-0.15, -0.1) is 0 Å². The van der Waals surface area contributed by atoms with Crippen LogP contribution in [0.2, 0.25) is 0 Å². The second-order valence-corrected chi connectivity index (χ2v) is 5.00. The van der Waals surface area contributed by atoms with E-state index in [1.165, 1.54) is 0 Å². The van der Waals surface area contributed by atoms with Gasteiger partial charge in [-0.1, -0.05) is 0 Å². The van der Waals surface area contributed by atoms with Gasteiger partial charge in [0, 0.05) is 24.3 Å². The van der Waals surface area contributed by atoms with Gasteiger partial charge >= 0.3 is 12.0 Å². The summed E-state index contributed by atoms with van der Waals surface area (Å²) in [6, 6.07) is -0.146. The van der Waals surface area contributed by atoms with Crippen molar-refractivity contribution in [2.45, 2.75) is 25.8 Å². The summed E-state index contributed by atoms with van der Waals surface area (Å²) in [5.74, 6) is 0.0656. The third-order valence-electron chi connectivity index (χ3n) is 3.41. The number of likely N-dealkylation sites (tertiary alicyclic amines) is 1. The van der Waals surface area contributed by atoms with Gasteiger partial charge in [-0.3, -0.25) is 0 Å². The summed E-state index contributed by atoms with van der Waals surface area (Å²) in [7, 11) is 0. The number of carbonyl (C=O) groups is 2. The Balaban J connectivity index is 3.03. The van der Waals surface area contributed by atoms with Gasteiger partial charge in [0.15, 0.2) is 0 Å². The lowest BCUT2D eigenvalue weighted by Crippen LogP contribution is -2.61. The van der Waals surface area contributed by atoms with Crippen molar-refractivity contribution in [1.82, 2.24) is 0 Å². The average Bonchev–Trinajstić information content (AvgIpc) is 2.62. The van der Waals surface area contributed by atoms with E-state index in [9.17, 15) is 14.7 Å². The Labute approximate surface area is 106 Å². The molecule has 1 rings (SSSR count). The number of thiol groups is 2. The Morgan fingerprint density at radius 3 is 2.31 bits per heavy atom. The zero-order chi connectivity index (χ0) is 12.3. The molecule has 0 aromatic carbocycles. The summed E-state index contributed by atoms with van der Waals surface area (Å²) >= 11 is 8.18. The van der Waals surface area contributed by atoms with E-state index >= 15 is 0 Å². The number of nitrogens with zero attached hydrogens (tertiary/aromatic N) is 1. The lowest BCUT2D eigenvalue weighted by Gasteiger charge is -2.32. The summed E-state index contributed by atoms with van der Waals surface area (Å²) in [6.07, 6.45) is 0.526. The van der Waals surface area contributed by atoms with Crippen molar-refractivity contribution in [3.05, 3.63) is 0 Å². The van der Waals surface area contributed by atoms with E-state index in [4.69, 9.17) is 0 Å². The molecule has 0 saturated carbocycles. The topological polar surface area (TPSA) is 54.4 Å². The summed E-state index contributed by atoms with van der Waals surface area (Å²) in [5.41, 5.74) is 0. The monoisotopic (exact) mass is 264 g/mol. The maximum atomic E-state index is 12.3. The minimum Gasteiger partial charge on any atom is -0.435 e. The molecule has 0 spiro atoms. The molecule has 1 heterocycles. The van der Waals surface area contributed by atoms with Crippen LogP contribution in [0.1, 0.15) is 19.8 Å². The molecular formula is C10H18NO3S2+. The average molecular weight is 264 g/mol. The number of hydrogen-bond acceptors (Lipinski definition) is 4. The molecule has 0 aromatic heterocycles. The van der Waals surface area contributed by atoms with Crippen LogP contribution in [0.5, 0.6) is 0 Å². The summed E-state index contributed by atoms with van der Waals surface area (Å²) in [5, 5.41) is 9.35. The third kappa shape index (κ3) is 2.10. The van der Waals surface area contributed by atoms with Crippen LogP contribution in [0.25, 0.3) is 0 Å². The Hall–Kier alpha value is -0.200. The second kappa shape index (κ2) is 5.42. The van der Waals surface area contributed by atoms with Gasteiger partial charge < -0.3 is 5.11 Å². The Morgan fingerprint density at radius 1 is 1.44 bits per heavy atom. The van der Waals surface area contributed by atoms with Crippen LogP contribution in [-0.4, -0.2) is 45.7 Å². The molecule has 92 valence electrons. The number of hydrogen-bond donors (Lipinski definition) is 3. The minimum absolute atomic E-state index is 0.146. The first-order valence-electron chi connectivity index (χ1n) is 5.38. The van der Waals surface area contributed by atoms with Crippen molar-refractivity contribution in [1.29, 1.82) is 0 Å². The molecule has 2 atom stereocenters. The molecule has 1 saturated heterocycles. The number of quaternary nitrogens is 1. The van der Waals surface area contributed by atoms with E-state index in [0.29, 0.717) is 18.1 Å². The molecule has 16 heavy (non-hydrogen) atoms. The minimum atomic E-state index is -1.04. The highest BCUT2D eigenvalue weighted by Gasteiger charge is 2.54. The van der Waals surface area contributed by atoms with Crippen molar-refractivity contribution < 1.29 is 19.2 Å². The van der Waals surface area contributed by atoms with E-state index in [0.717, 1.165) is 12.8 Å². The number of rotatable bonds is 3. The number of carbonyl (C=O) groups excluding carboxylic acids is 1. The molecule has 4 nitrogen and oxygen atoms in total. The third-order valence-corrected chi connectivity index (χ3v) is 4.29. The molecule has 1 N–H and O–H groups in total. The van der Waals surface area contributed by atoms with Gasteiger partial charge in [-0.25, -0.2) is 4.79 Å². The van der Waals surface area contributed by atoms with Gasteiger partial charge in [-0.2, -0.15) is 34.5 Å². The standard InChI is InChI=1S/C10H17NO3S2/c1-7-3-2-4-11(7,10(13)14)9(12)8(5-15)6-16/h7-8H,2-6H2,1H3,(H2-,13,14,15,16)/p+1/t7-,11?/m1/s1. The number of carboxylic acid groups (broad SMARTS) is 1. The zero-order valence-electron chi connectivity index (χ0n) is 9.30. The molecule has 0 radical (unpaired) electrons. The second-order valence-electron chi connectivity index (χ2n) is 4.27. The zero-order valence-corrected chi connectivity index (χ0v) is 11.1. The van der Waals surface area contributed by atoms with Crippen molar-refractivity contribution >= 4 is 37.3 Å². The largest absolute Gasteiger partial charge is 0.521 e. The van der Waals surface area contributed by atoms with Crippen molar-refractivity contribution in [3.8, 4) is 0 Å². The lowest BCUT2D eigenvalue weighted by molar-refractivity contribution is -0.793. The SMILES string of the molecule is C[C@@H]1CCC[N+]1(C(=O)O)C(=O)C(CS)CS. The van der Waals surface area contributed by atoms with Crippen LogP contribution in [0.15, 0.2) is 0 Å². The first kappa shape index (κ1) is 13.9. The molecule has 1 aliphatic heterocycles. The molecule has 1 unspecified atom stereocenters. The summed E-state index contributed by atoms with van der Waals surface area (Å²) < 4.78 is -0.439. The fraction of sp³-hybridized carbons (Fsp3) is 0.800. The molecule has 0 aliphatic carbocycles. The van der Waals surface area contributed by atoms with Crippen molar-refractivity contribution in [3.63, 3.8) is 0 Å². The van der Waals surface area contributed by atoms with E-state index < -0.39 is 10.6 Å². The Morgan fingerprint density at radius 2 is 2.00 bits per heavy atom. The fourth-order valence-electron chi connectivity index (χ4n) is 2.32. The van der Waals surface area contributed by atoms with Crippen LogP contribution >= 0.6 is 25.3 Å². The van der Waals surface area contributed by atoms with Crippen molar-refractivity contribution in [2.75, 3.05) is 18.1 Å². The highest BCUT2D eigenvalue weighted by Crippen LogP contribution is 2.30. The van der Waals surface area contributed by atoms with Crippen LogP contribution in [-0.2, 0) is 4.79 Å². The fourth-order valence-corrected chi connectivity index (χ4v) is 3.10. The Kier molecular flexibility index (Phi) is 4.70. The predicted octanol–water partition coefficient (Wildman–Crippen LogP) is 1.67. The van der Waals surface area contributed by atoms with Crippen LogP contribution < -0.4 is 0 Å². The van der Waals surface area contributed by atoms with Gasteiger partial charge in [-0.05, 0) is 6.92 Å². The van der Waals surface area contributed by atoms with E-state index in [1.807, 2.05) is 6.92 Å². The lowest BCUT2D eigenvalue weighted by atomic mass is 10.1. The van der Waals surface area contributed by atoms with Crippen molar-refractivity contribution in [2.24, 2.45) is 5.92 Å². The van der Waals surface area contributed by atoms with E-state index in [2.05, 4.69) is 25.3 Å². The first-order chi connectivity index (χ1) is 7.50. The Bertz CT molecular complexity index is 294. The summed E-state index contributed by atoms with van der Waals surface area (Å²) in [4.78, 5) is 23.7. The van der Waals surface area contributed by atoms with Gasteiger partial charge in [0.1, 0.15) is 6.04 Å². The van der Waals surface area contributed by atoms with Crippen LogP contribution in [0, 0.1) is 5.92 Å². The van der Waals surface area contributed by atoms with Crippen LogP contribution in [0.3, 0.4) is 0 Å². The normalized spacial score (nSPS) is 29.6. The van der Waals surface area contributed by atoms with E-state index in [1.54, 1.807) is 0 Å². The summed E-state index contributed by atoms with van der Waals surface area (Å²) in [6.45, 7) is 2.22. The molecule has 6 heteroatoms. The van der Waals surface area contributed by atoms with E-state index in [-0.39, 0.29) is 17.9 Å². The quantitative estimate of drug-likeness (QED) is 0.537. The maximum Gasteiger partial charge on any atom is 0.521 e. The highest BCUT2D eigenvalue weighted by atomic mass is 32.1. The van der Waals surface area contributed by atoms with Gasteiger partial charge in [0.2, 0.25) is 0 Å². The molecule has 1 fully saturated rings. The maximum absolute atomic E-state index is 12.3. The predicted molar refractivity (Wildman–Crippen MR) is 68.1 cm³/mol. The number of imide groups is 1. The first-order valence-corrected chi connectivity index (χ1v) is 6.64. The molecule has 0 bridgehead atoms. The van der Waals surface area contributed by atoms with Gasteiger partial charge in [0.05, 0.1) is 12.5 Å². The van der Waals surface area contributed by atoms with Crippen LogP contribution in [0.4, 0.5) is 4.79 Å². The molecule has 2 amide bonds. The highest BCUT2D eigenvalue weighted by molar-refractivity contribution is 7.81. The molecule has 1 aliphatic rings. The number of amides is 2. The van der Waals surface area contributed by atoms with Gasteiger partial charge in [0.25, 0.3) is 0 Å².